The Bertz CT molecular complexity index is 836. The predicted molar refractivity (Wildman–Crippen MR) is 104 cm³/mol. The summed E-state index contributed by atoms with van der Waals surface area (Å²) in [5, 5.41) is 3.30. The molecule has 0 saturated carbocycles. The molecule has 7 heteroatoms. The Morgan fingerprint density at radius 3 is 2.67 bits per heavy atom. The lowest BCUT2D eigenvalue weighted by atomic mass is 9.97. The highest BCUT2D eigenvalue weighted by Gasteiger charge is 2.28. The number of hydrogen-bond acceptors (Lipinski definition) is 5. The van der Waals surface area contributed by atoms with Gasteiger partial charge in [-0.25, -0.2) is 0 Å². The molecule has 3 rings (SSSR count). The Morgan fingerprint density at radius 1 is 1.22 bits per heavy atom. The summed E-state index contributed by atoms with van der Waals surface area (Å²) in [4.78, 5) is 26.2. The van der Waals surface area contributed by atoms with Gasteiger partial charge < -0.3 is 19.7 Å². The molecule has 2 aromatic rings. The monoisotopic (exact) mass is 388 g/mol. The average molecular weight is 389 g/mol. The molecule has 0 aromatic heterocycles. The molecular formula is C20H21ClN2O4. The molecule has 0 fully saturated rings. The van der Waals surface area contributed by atoms with Crippen molar-refractivity contribution < 1.29 is 19.1 Å². The summed E-state index contributed by atoms with van der Waals surface area (Å²) in [5.74, 6) is -0.578. The van der Waals surface area contributed by atoms with E-state index in [1.54, 1.807) is 30.3 Å². The minimum absolute atomic E-state index is 0.223. The lowest BCUT2D eigenvalue weighted by molar-refractivity contribution is -0.152. The van der Waals surface area contributed by atoms with Gasteiger partial charge in [0, 0.05) is 30.5 Å². The number of nitrogens with zero attached hydrogens (tertiary/aromatic N) is 1. The second kappa shape index (κ2) is 8.31. The van der Waals surface area contributed by atoms with Gasteiger partial charge in [0.1, 0.15) is 12.4 Å². The maximum Gasteiger partial charge on any atom is 0.313 e. The molecule has 0 saturated heterocycles. The number of halogens is 1. The second-order valence-electron chi connectivity index (χ2n) is 6.56. The van der Waals surface area contributed by atoms with Gasteiger partial charge in [0.15, 0.2) is 6.61 Å². The highest BCUT2D eigenvalue weighted by molar-refractivity contribution is 6.30. The lowest BCUT2D eigenvalue weighted by Crippen LogP contribution is -2.32. The first-order valence-electron chi connectivity index (χ1n) is 8.57. The normalized spacial score (nSPS) is 15.3. The number of anilines is 2. The molecule has 2 aromatic carbocycles. The van der Waals surface area contributed by atoms with Crippen molar-refractivity contribution in [1.82, 2.24) is 0 Å². The Balaban J connectivity index is 1.49. The van der Waals surface area contributed by atoms with Crippen LogP contribution in [0.15, 0.2) is 42.5 Å². The number of ether oxygens (including phenoxy) is 2. The molecule has 0 spiro atoms. The fraction of sp³-hybridized carbons (Fsp3) is 0.300. The number of amides is 1. The summed E-state index contributed by atoms with van der Waals surface area (Å²) in [5.41, 5.74) is 2.53. The summed E-state index contributed by atoms with van der Waals surface area (Å²) >= 11 is 5.98. The van der Waals surface area contributed by atoms with E-state index in [9.17, 15) is 9.59 Å². The minimum atomic E-state index is -0.460. The number of nitrogens with one attached hydrogen (secondary N) is 1. The van der Waals surface area contributed by atoms with Gasteiger partial charge in [0.05, 0.1) is 5.92 Å². The molecule has 0 unspecified atom stereocenters. The van der Waals surface area contributed by atoms with Crippen molar-refractivity contribution >= 4 is 34.9 Å². The van der Waals surface area contributed by atoms with E-state index < -0.39 is 11.9 Å². The molecule has 27 heavy (non-hydrogen) atoms. The topological polar surface area (TPSA) is 67.9 Å². The van der Waals surface area contributed by atoms with Gasteiger partial charge >= 0.3 is 5.97 Å². The second-order valence-corrected chi connectivity index (χ2v) is 7.00. The molecule has 1 amide bonds. The lowest BCUT2D eigenvalue weighted by Gasteiger charge is -2.24. The van der Waals surface area contributed by atoms with Gasteiger partial charge in [0.2, 0.25) is 0 Å². The SMILES string of the molecule is CN(C)c1ccc(NC(=O)COC(=O)[C@@H]2COc3ccc(Cl)cc3C2)cc1. The third kappa shape index (κ3) is 4.92. The molecule has 1 atom stereocenters. The first-order chi connectivity index (χ1) is 12.9. The van der Waals surface area contributed by atoms with Crippen LogP contribution in [0.2, 0.25) is 5.02 Å². The van der Waals surface area contributed by atoms with Crippen molar-refractivity contribution in [2.45, 2.75) is 6.42 Å². The number of carbonyl (C=O) groups is 2. The predicted octanol–water partition coefficient (Wildman–Crippen LogP) is 3.14. The van der Waals surface area contributed by atoms with Crippen LogP contribution in [0.1, 0.15) is 5.56 Å². The zero-order valence-electron chi connectivity index (χ0n) is 15.2. The Labute approximate surface area is 163 Å². The van der Waals surface area contributed by atoms with Crippen LogP contribution in [0.3, 0.4) is 0 Å². The molecule has 0 aliphatic carbocycles. The first kappa shape index (κ1) is 19.0. The molecule has 1 heterocycles. The van der Waals surface area contributed by atoms with Gasteiger partial charge in [0.25, 0.3) is 5.91 Å². The van der Waals surface area contributed by atoms with Crippen LogP contribution in [0.4, 0.5) is 11.4 Å². The van der Waals surface area contributed by atoms with Crippen molar-refractivity contribution in [2.24, 2.45) is 5.92 Å². The molecule has 1 aliphatic heterocycles. The average Bonchev–Trinajstić information content (AvgIpc) is 2.66. The summed E-state index contributed by atoms with van der Waals surface area (Å²) in [6, 6.07) is 12.7. The van der Waals surface area contributed by atoms with Gasteiger partial charge in [-0.15, -0.1) is 0 Å². The molecule has 142 valence electrons. The molecule has 6 nitrogen and oxygen atoms in total. The van der Waals surface area contributed by atoms with E-state index in [0.29, 0.717) is 17.1 Å². The van der Waals surface area contributed by atoms with Crippen molar-refractivity contribution in [2.75, 3.05) is 37.5 Å². The summed E-state index contributed by atoms with van der Waals surface area (Å²) in [6.45, 7) is -0.117. The van der Waals surface area contributed by atoms with Gasteiger partial charge in [-0.1, -0.05) is 11.6 Å². The molecular weight excluding hydrogens is 368 g/mol. The van der Waals surface area contributed by atoms with Crippen molar-refractivity contribution in [1.29, 1.82) is 0 Å². The van der Waals surface area contributed by atoms with Crippen LogP contribution >= 0.6 is 11.6 Å². The Morgan fingerprint density at radius 2 is 1.96 bits per heavy atom. The Kier molecular flexibility index (Phi) is 5.86. The number of benzene rings is 2. The van der Waals surface area contributed by atoms with E-state index in [1.807, 2.05) is 31.1 Å². The minimum Gasteiger partial charge on any atom is -0.492 e. The van der Waals surface area contributed by atoms with E-state index in [-0.39, 0.29) is 19.1 Å². The van der Waals surface area contributed by atoms with Crippen LogP contribution in [0.25, 0.3) is 0 Å². The van der Waals surface area contributed by atoms with Crippen molar-refractivity contribution in [3.63, 3.8) is 0 Å². The quantitative estimate of drug-likeness (QED) is 0.797. The number of esters is 1. The zero-order valence-corrected chi connectivity index (χ0v) is 16.0. The number of hydrogen-bond donors (Lipinski definition) is 1. The van der Waals surface area contributed by atoms with Crippen LogP contribution in [-0.2, 0) is 20.7 Å². The van der Waals surface area contributed by atoms with Crippen molar-refractivity contribution in [3.8, 4) is 5.75 Å². The fourth-order valence-electron chi connectivity index (χ4n) is 2.81. The van der Waals surface area contributed by atoms with E-state index in [0.717, 1.165) is 17.0 Å². The van der Waals surface area contributed by atoms with E-state index in [4.69, 9.17) is 21.1 Å². The standard InChI is InChI=1S/C20H21ClN2O4/c1-23(2)17-6-4-16(5-7-17)22-19(24)12-27-20(25)14-9-13-10-15(21)3-8-18(13)26-11-14/h3-8,10,14H,9,11-12H2,1-2H3,(H,22,24)/t14-/m0/s1. The van der Waals surface area contributed by atoms with E-state index in [1.165, 1.54) is 0 Å². The summed E-state index contributed by atoms with van der Waals surface area (Å²) in [7, 11) is 3.88. The molecule has 1 N–H and O–H groups in total. The largest absolute Gasteiger partial charge is 0.492 e. The van der Waals surface area contributed by atoms with E-state index >= 15 is 0 Å². The number of fused-ring (bicyclic) bond motifs is 1. The van der Waals surface area contributed by atoms with E-state index in [2.05, 4.69) is 5.32 Å². The molecule has 0 bridgehead atoms. The van der Waals surface area contributed by atoms with Gasteiger partial charge in [-0.05, 0) is 54.4 Å². The molecule has 1 aliphatic rings. The van der Waals surface area contributed by atoms with Crippen LogP contribution < -0.4 is 15.0 Å². The number of rotatable bonds is 5. The third-order valence-corrected chi connectivity index (χ3v) is 4.51. The molecule has 0 radical (unpaired) electrons. The maximum absolute atomic E-state index is 12.2. The third-order valence-electron chi connectivity index (χ3n) is 4.28. The summed E-state index contributed by atoms with van der Waals surface area (Å²) < 4.78 is 10.7. The van der Waals surface area contributed by atoms with Crippen LogP contribution in [0, 0.1) is 5.92 Å². The smallest absolute Gasteiger partial charge is 0.313 e. The van der Waals surface area contributed by atoms with Crippen molar-refractivity contribution in [3.05, 3.63) is 53.1 Å². The van der Waals surface area contributed by atoms with Crippen LogP contribution in [-0.4, -0.2) is 39.2 Å². The highest BCUT2D eigenvalue weighted by Crippen LogP contribution is 2.30. The summed E-state index contributed by atoms with van der Waals surface area (Å²) in [6.07, 6.45) is 0.475. The fourth-order valence-corrected chi connectivity index (χ4v) is 3.00. The van der Waals surface area contributed by atoms with Gasteiger partial charge in [-0.2, -0.15) is 0 Å². The number of carbonyl (C=O) groups excluding carboxylic acids is 2. The first-order valence-corrected chi connectivity index (χ1v) is 8.95. The van der Waals surface area contributed by atoms with Gasteiger partial charge in [-0.3, -0.25) is 9.59 Å². The Hall–Kier alpha value is -2.73. The van der Waals surface area contributed by atoms with Crippen LogP contribution in [0.5, 0.6) is 5.75 Å². The highest BCUT2D eigenvalue weighted by atomic mass is 35.5. The maximum atomic E-state index is 12.2. The zero-order chi connectivity index (χ0) is 19.4.